The Kier molecular flexibility index (Phi) is 3.19. The van der Waals surface area contributed by atoms with Crippen LogP contribution in [-0.2, 0) is 4.79 Å². The first-order chi connectivity index (χ1) is 8.20. The van der Waals surface area contributed by atoms with Gasteiger partial charge >= 0.3 is 5.97 Å². The van der Waals surface area contributed by atoms with Gasteiger partial charge in [0.05, 0.1) is 5.69 Å². The molecule has 2 aromatic rings. The van der Waals surface area contributed by atoms with Gasteiger partial charge in [0.25, 0.3) is 0 Å². The molecule has 0 bridgehead atoms. The molecule has 17 heavy (non-hydrogen) atoms. The van der Waals surface area contributed by atoms with Crippen molar-refractivity contribution in [1.82, 2.24) is 4.98 Å². The highest BCUT2D eigenvalue weighted by Gasteiger charge is 2.04. The normalized spacial score (nSPS) is 11.7. The van der Waals surface area contributed by atoms with Crippen molar-refractivity contribution in [3.63, 3.8) is 0 Å². The van der Waals surface area contributed by atoms with E-state index in [1.165, 1.54) is 0 Å². The van der Waals surface area contributed by atoms with Crippen molar-refractivity contribution in [1.29, 1.82) is 0 Å². The second kappa shape index (κ2) is 4.78. The third-order valence-electron chi connectivity index (χ3n) is 2.63. The molecule has 0 aliphatic rings. The number of pyridine rings is 1. The number of carboxylic acids is 1. The minimum Gasteiger partial charge on any atom is -0.478 e. The summed E-state index contributed by atoms with van der Waals surface area (Å²) in [5.41, 5.74) is 1.05. The summed E-state index contributed by atoms with van der Waals surface area (Å²) in [6.45, 7) is 1.82. The van der Waals surface area contributed by atoms with Gasteiger partial charge in [-0.3, -0.25) is 4.98 Å². The van der Waals surface area contributed by atoms with Gasteiger partial charge in [0.15, 0.2) is 0 Å². The minimum atomic E-state index is -0.887. The zero-order valence-corrected chi connectivity index (χ0v) is 9.55. The van der Waals surface area contributed by atoms with Crippen LogP contribution >= 0.6 is 0 Å². The number of hydrogen-bond acceptors (Lipinski definition) is 2. The lowest BCUT2D eigenvalue weighted by atomic mass is 10.1. The van der Waals surface area contributed by atoms with Crippen molar-refractivity contribution in [2.45, 2.75) is 13.3 Å². The number of carboxylic acid groups (broad SMARTS) is 1. The topological polar surface area (TPSA) is 50.2 Å². The Bertz CT molecular complexity index is 588. The molecule has 0 saturated carbocycles. The maximum absolute atomic E-state index is 10.9. The molecule has 0 saturated heterocycles. The van der Waals surface area contributed by atoms with E-state index in [2.05, 4.69) is 4.98 Å². The van der Waals surface area contributed by atoms with Crippen LogP contribution in [0, 0.1) is 0 Å². The lowest BCUT2D eigenvalue weighted by Crippen LogP contribution is -1.99. The lowest BCUT2D eigenvalue weighted by Gasteiger charge is -2.00. The molecule has 0 atom stereocenters. The van der Waals surface area contributed by atoms with E-state index in [0.717, 1.165) is 10.8 Å². The predicted octanol–water partition coefficient (Wildman–Crippen LogP) is 3.11. The molecule has 0 fully saturated rings. The van der Waals surface area contributed by atoms with Crippen LogP contribution in [0.3, 0.4) is 0 Å². The summed E-state index contributed by atoms with van der Waals surface area (Å²) in [6.07, 6.45) is 3.87. The highest BCUT2D eigenvalue weighted by atomic mass is 16.4. The Labute approximate surface area is 99.4 Å². The van der Waals surface area contributed by atoms with Gasteiger partial charge in [0.1, 0.15) is 0 Å². The zero-order valence-electron chi connectivity index (χ0n) is 9.55. The Hall–Kier alpha value is -2.16. The molecule has 1 N–H and O–H groups in total. The third kappa shape index (κ3) is 2.50. The second-order valence-corrected chi connectivity index (χ2v) is 3.78. The van der Waals surface area contributed by atoms with Crippen molar-refractivity contribution in [2.75, 3.05) is 0 Å². The molecule has 0 radical (unpaired) electrons. The van der Waals surface area contributed by atoms with Gasteiger partial charge in [-0.05, 0) is 23.9 Å². The fraction of sp³-hybridized carbons (Fsp3) is 0.143. The van der Waals surface area contributed by atoms with Gasteiger partial charge in [-0.2, -0.15) is 0 Å². The highest BCUT2D eigenvalue weighted by molar-refractivity contribution is 5.92. The quantitative estimate of drug-likeness (QED) is 0.819. The maximum atomic E-state index is 10.9. The molecule has 1 aromatic heterocycles. The van der Waals surface area contributed by atoms with Gasteiger partial charge in [0.2, 0.25) is 0 Å². The van der Waals surface area contributed by atoms with Crippen LogP contribution in [-0.4, -0.2) is 16.1 Å². The number of aliphatic carboxylic acids is 1. The van der Waals surface area contributed by atoms with Crippen molar-refractivity contribution < 1.29 is 9.90 Å². The standard InChI is InChI=1S/C14H13NO2/c1-2-10(14(16)17)7-13-8-11-5-3-4-6-12(11)9-15-13/h3-9H,2H2,1H3,(H,16,17)/b10-7+. The monoisotopic (exact) mass is 227 g/mol. The van der Waals surface area contributed by atoms with Crippen molar-refractivity contribution in [3.8, 4) is 0 Å². The smallest absolute Gasteiger partial charge is 0.331 e. The van der Waals surface area contributed by atoms with E-state index in [4.69, 9.17) is 5.11 Å². The van der Waals surface area contributed by atoms with Gasteiger partial charge in [-0.1, -0.05) is 31.2 Å². The molecule has 86 valence electrons. The molecule has 0 spiro atoms. The summed E-state index contributed by atoms with van der Waals surface area (Å²) in [7, 11) is 0. The Morgan fingerprint density at radius 1 is 1.35 bits per heavy atom. The first-order valence-electron chi connectivity index (χ1n) is 5.49. The molecule has 0 unspecified atom stereocenters. The van der Waals surface area contributed by atoms with Gasteiger partial charge in [0, 0.05) is 17.2 Å². The number of carbonyl (C=O) groups is 1. The average Bonchev–Trinajstić information content (AvgIpc) is 2.35. The van der Waals surface area contributed by atoms with Crippen LogP contribution in [0.1, 0.15) is 19.0 Å². The van der Waals surface area contributed by atoms with Gasteiger partial charge in [-0.25, -0.2) is 4.79 Å². The number of benzene rings is 1. The first-order valence-corrected chi connectivity index (χ1v) is 5.49. The number of rotatable bonds is 3. The molecule has 0 aliphatic carbocycles. The number of fused-ring (bicyclic) bond motifs is 1. The van der Waals surface area contributed by atoms with Crippen LogP contribution in [0.5, 0.6) is 0 Å². The van der Waals surface area contributed by atoms with E-state index in [9.17, 15) is 4.79 Å². The number of aromatic nitrogens is 1. The molecule has 1 aromatic carbocycles. The van der Waals surface area contributed by atoms with E-state index < -0.39 is 5.97 Å². The maximum Gasteiger partial charge on any atom is 0.331 e. The summed E-state index contributed by atoms with van der Waals surface area (Å²) in [5.74, 6) is -0.887. The summed E-state index contributed by atoms with van der Waals surface area (Å²) >= 11 is 0. The average molecular weight is 227 g/mol. The minimum absolute atomic E-state index is 0.368. The summed E-state index contributed by atoms with van der Waals surface area (Å²) < 4.78 is 0. The van der Waals surface area contributed by atoms with E-state index in [0.29, 0.717) is 17.7 Å². The molecule has 3 heteroatoms. The molecule has 2 rings (SSSR count). The van der Waals surface area contributed by atoms with Crippen LogP contribution in [0.4, 0.5) is 0 Å². The third-order valence-corrected chi connectivity index (χ3v) is 2.63. The van der Waals surface area contributed by atoms with Crippen molar-refractivity contribution >= 4 is 22.8 Å². The van der Waals surface area contributed by atoms with E-state index in [1.54, 1.807) is 12.3 Å². The fourth-order valence-electron chi connectivity index (χ4n) is 1.67. The van der Waals surface area contributed by atoms with Crippen molar-refractivity contribution in [3.05, 3.63) is 47.8 Å². The summed E-state index contributed by atoms with van der Waals surface area (Å²) in [6, 6.07) is 9.77. The lowest BCUT2D eigenvalue weighted by molar-refractivity contribution is -0.132. The summed E-state index contributed by atoms with van der Waals surface area (Å²) in [5, 5.41) is 11.1. The van der Waals surface area contributed by atoms with Crippen LogP contribution in [0.2, 0.25) is 0 Å². The van der Waals surface area contributed by atoms with Crippen molar-refractivity contribution in [2.24, 2.45) is 0 Å². The van der Waals surface area contributed by atoms with Crippen LogP contribution in [0.25, 0.3) is 16.8 Å². The Morgan fingerprint density at radius 3 is 2.71 bits per heavy atom. The van der Waals surface area contributed by atoms with Crippen LogP contribution < -0.4 is 0 Å². The zero-order chi connectivity index (χ0) is 12.3. The Morgan fingerprint density at radius 2 is 2.06 bits per heavy atom. The first kappa shape index (κ1) is 11.3. The largest absolute Gasteiger partial charge is 0.478 e. The molecular formula is C14H13NO2. The molecular weight excluding hydrogens is 214 g/mol. The van der Waals surface area contributed by atoms with Gasteiger partial charge < -0.3 is 5.11 Å². The predicted molar refractivity (Wildman–Crippen MR) is 67.6 cm³/mol. The molecule has 1 heterocycles. The SMILES string of the molecule is CC/C(=C\c1cc2ccccc2cn1)C(=O)O. The Balaban J connectivity index is 2.46. The van der Waals surface area contributed by atoms with E-state index in [1.807, 2.05) is 37.3 Å². The fourth-order valence-corrected chi connectivity index (χ4v) is 1.67. The van der Waals surface area contributed by atoms with Crippen LogP contribution in [0.15, 0.2) is 42.1 Å². The highest BCUT2D eigenvalue weighted by Crippen LogP contribution is 2.15. The van der Waals surface area contributed by atoms with Gasteiger partial charge in [-0.15, -0.1) is 0 Å². The van der Waals surface area contributed by atoms with E-state index in [-0.39, 0.29) is 0 Å². The molecule has 0 amide bonds. The molecule has 0 aliphatic heterocycles. The number of hydrogen-bond donors (Lipinski definition) is 1. The van der Waals surface area contributed by atoms with E-state index >= 15 is 0 Å². The molecule has 3 nitrogen and oxygen atoms in total. The summed E-state index contributed by atoms with van der Waals surface area (Å²) in [4.78, 5) is 15.1. The number of nitrogens with zero attached hydrogens (tertiary/aromatic N) is 1. The second-order valence-electron chi connectivity index (χ2n) is 3.78.